The van der Waals surface area contributed by atoms with Crippen molar-refractivity contribution in [3.05, 3.63) is 59.4 Å². The Hall–Kier alpha value is -3.00. The van der Waals surface area contributed by atoms with Gasteiger partial charge in [0.15, 0.2) is 0 Å². The molecule has 0 fully saturated rings. The Balaban J connectivity index is 1.80. The molecule has 160 valence electrons. The Bertz CT molecular complexity index is 1030. The van der Waals surface area contributed by atoms with Crippen molar-refractivity contribution >= 4 is 22.6 Å². The van der Waals surface area contributed by atoms with Crippen molar-refractivity contribution < 1.29 is 31.9 Å². The SMILES string of the molecule is CCc1ccc2c(CC(=O)Nc3cc(C(F)(F)F)ccc3OCCOC)coc2c1. The monoisotopic (exact) mass is 421 g/mol. The Labute approximate surface area is 171 Å². The number of amides is 1. The molecule has 30 heavy (non-hydrogen) atoms. The standard InChI is InChI=1S/C22H22F3NO4/c1-3-14-4-6-17-15(13-30-20(17)10-14)11-21(27)26-18-12-16(22(23,24)25)5-7-19(18)29-9-8-28-2/h4-7,10,12-13H,3,8-9,11H2,1-2H3,(H,26,27). The summed E-state index contributed by atoms with van der Waals surface area (Å²) in [5.41, 5.74) is 1.50. The molecule has 1 aromatic heterocycles. The zero-order valence-electron chi connectivity index (χ0n) is 16.6. The summed E-state index contributed by atoms with van der Waals surface area (Å²) in [5.74, 6) is -0.341. The van der Waals surface area contributed by atoms with Crippen molar-refractivity contribution in [2.45, 2.75) is 25.9 Å². The highest BCUT2D eigenvalue weighted by atomic mass is 19.4. The molecule has 0 saturated heterocycles. The van der Waals surface area contributed by atoms with E-state index in [1.165, 1.54) is 19.4 Å². The summed E-state index contributed by atoms with van der Waals surface area (Å²) < 4.78 is 55.2. The van der Waals surface area contributed by atoms with Crippen LogP contribution in [0.4, 0.5) is 18.9 Å². The summed E-state index contributed by atoms with van der Waals surface area (Å²) in [6.07, 6.45) is -2.24. The van der Waals surface area contributed by atoms with Gasteiger partial charge < -0.3 is 19.2 Å². The first-order valence-corrected chi connectivity index (χ1v) is 9.43. The fourth-order valence-corrected chi connectivity index (χ4v) is 3.02. The lowest BCUT2D eigenvalue weighted by atomic mass is 10.1. The number of halogens is 3. The van der Waals surface area contributed by atoms with Crippen LogP contribution in [0.15, 0.2) is 47.1 Å². The third-order valence-corrected chi connectivity index (χ3v) is 4.61. The van der Waals surface area contributed by atoms with Gasteiger partial charge in [0.2, 0.25) is 5.91 Å². The molecular weight excluding hydrogens is 399 g/mol. The second kappa shape index (κ2) is 9.21. The van der Waals surface area contributed by atoms with Gasteiger partial charge in [0.25, 0.3) is 0 Å². The molecule has 0 aliphatic rings. The molecule has 2 aromatic carbocycles. The fraction of sp³-hybridized carbons (Fsp3) is 0.318. The lowest BCUT2D eigenvalue weighted by Gasteiger charge is -2.15. The van der Waals surface area contributed by atoms with Crippen molar-refractivity contribution in [3.8, 4) is 5.75 Å². The molecule has 0 aliphatic heterocycles. The van der Waals surface area contributed by atoms with Crippen LogP contribution in [0.3, 0.4) is 0 Å². The van der Waals surface area contributed by atoms with Crippen molar-refractivity contribution in [1.29, 1.82) is 0 Å². The number of carbonyl (C=O) groups excluding carboxylic acids is 1. The molecule has 8 heteroatoms. The maximum Gasteiger partial charge on any atom is 0.416 e. The average Bonchev–Trinajstić information content (AvgIpc) is 3.10. The molecule has 1 amide bonds. The number of hydrogen-bond donors (Lipinski definition) is 1. The van der Waals surface area contributed by atoms with Crippen LogP contribution in [-0.2, 0) is 28.5 Å². The third kappa shape index (κ3) is 5.13. The number of carbonyl (C=O) groups is 1. The number of aryl methyl sites for hydroxylation is 1. The average molecular weight is 421 g/mol. The van der Waals surface area contributed by atoms with Crippen molar-refractivity contribution in [2.75, 3.05) is 25.6 Å². The zero-order chi connectivity index (χ0) is 21.7. The third-order valence-electron chi connectivity index (χ3n) is 4.61. The molecule has 0 atom stereocenters. The molecule has 1 N–H and O–H groups in total. The number of ether oxygens (including phenoxy) is 2. The second-order valence-corrected chi connectivity index (χ2v) is 6.72. The first kappa shape index (κ1) is 21.7. The van der Waals surface area contributed by atoms with E-state index in [0.29, 0.717) is 11.1 Å². The van der Waals surface area contributed by atoms with E-state index in [9.17, 15) is 18.0 Å². The lowest BCUT2D eigenvalue weighted by molar-refractivity contribution is -0.137. The van der Waals surface area contributed by atoms with Gasteiger partial charge in [-0.3, -0.25) is 4.79 Å². The summed E-state index contributed by atoms with van der Waals surface area (Å²) >= 11 is 0. The van der Waals surface area contributed by atoms with Gasteiger partial charge in [0.1, 0.15) is 17.9 Å². The number of alkyl halides is 3. The predicted octanol–water partition coefficient (Wildman–Crippen LogP) is 5.22. The molecule has 0 saturated carbocycles. The maximum atomic E-state index is 13.1. The van der Waals surface area contributed by atoms with E-state index < -0.39 is 17.6 Å². The maximum absolute atomic E-state index is 13.1. The highest BCUT2D eigenvalue weighted by molar-refractivity contribution is 5.96. The molecule has 1 heterocycles. The number of fused-ring (bicyclic) bond motifs is 1. The summed E-state index contributed by atoms with van der Waals surface area (Å²) in [5, 5.41) is 3.32. The van der Waals surface area contributed by atoms with Crippen molar-refractivity contribution in [3.63, 3.8) is 0 Å². The number of rotatable bonds is 8. The topological polar surface area (TPSA) is 60.7 Å². The highest BCUT2D eigenvalue weighted by Gasteiger charge is 2.31. The molecule has 5 nitrogen and oxygen atoms in total. The molecule has 0 spiro atoms. The lowest BCUT2D eigenvalue weighted by Crippen LogP contribution is -2.17. The van der Waals surface area contributed by atoms with Gasteiger partial charge in [-0.2, -0.15) is 13.2 Å². The summed E-state index contributed by atoms with van der Waals surface area (Å²) in [6.45, 7) is 2.42. The molecule has 0 aliphatic carbocycles. The molecular formula is C22H22F3NO4. The predicted molar refractivity (Wildman–Crippen MR) is 107 cm³/mol. The van der Waals surface area contributed by atoms with Crippen LogP contribution in [0.25, 0.3) is 11.0 Å². The Morgan fingerprint density at radius 3 is 2.63 bits per heavy atom. The van der Waals surface area contributed by atoms with E-state index in [4.69, 9.17) is 13.9 Å². The van der Waals surface area contributed by atoms with E-state index in [-0.39, 0.29) is 31.1 Å². The van der Waals surface area contributed by atoms with E-state index in [0.717, 1.165) is 29.5 Å². The Kier molecular flexibility index (Phi) is 6.66. The number of methoxy groups -OCH3 is 1. The highest BCUT2D eigenvalue weighted by Crippen LogP contribution is 2.35. The summed E-state index contributed by atoms with van der Waals surface area (Å²) in [7, 11) is 1.48. The van der Waals surface area contributed by atoms with Crippen LogP contribution in [0.1, 0.15) is 23.6 Å². The van der Waals surface area contributed by atoms with Crippen LogP contribution < -0.4 is 10.1 Å². The number of anilines is 1. The number of nitrogens with one attached hydrogen (secondary N) is 1. The van der Waals surface area contributed by atoms with Crippen molar-refractivity contribution in [2.24, 2.45) is 0 Å². The smallest absolute Gasteiger partial charge is 0.416 e. The number of hydrogen-bond acceptors (Lipinski definition) is 4. The van der Waals surface area contributed by atoms with E-state index in [1.807, 2.05) is 25.1 Å². The van der Waals surface area contributed by atoms with Gasteiger partial charge in [-0.05, 0) is 36.2 Å². The first-order chi connectivity index (χ1) is 14.3. The minimum absolute atomic E-state index is 0.0491. The van der Waals surface area contributed by atoms with Gasteiger partial charge in [-0.1, -0.05) is 19.1 Å². The van der Waals surface area contributed by atoms with Gasteiger partial charge in [0, 0.05) is 18.1 Å². The van der Waals surface area contributed by atoms with Crippen LogP contribution in [0.5, 0.6) is 5.75 Å². The van der Waals surface area contributed by atoms with E-state index in [1.54, 1.807) is 0 Å². The minimum Gasteiger partial charge on any atom is -0.489 e. The summed E-state index contributed by atoms with van der Waals surface area (Å²) in [6, 6.07) is 8.70. The van der Waals surface area contributed by atoms with Gasteiger partial charge >= 0.3 is 6.18 Å². The van der Waals surface area contributed by atoms with Crippen LogP contribution >= 0.6 is 0 Å². The number of benzene rings is 2. The molecule has 0 bridgehead atoms. The molecule has 3 aromatic rings. The number of furan rings is 1. The Morgan fingerprint density at radius 2 is 1.93 bits per heavy atom. The largest absolute Gasteiger partial charge is 0.489 e. The minimum atomic E-state index is -4.54. The van der Waals surface area contributed by atoms with Gasteiger partial charge in [-0.15, -0.1) is 0 Å². The van der Waals surface area contributed by atoms with Crippen molar-refractivity contribution in [1.82, 2.24) is 0 Å². The Morgan fingerprint density at radius 1 is 1.13 bits per heavy atom. The van der Waals surface area contributed by atoms with E-state index in [2.05, 4.69) is 5.32 Å². The fourth-order valence-electron chi connectivity index (χ4n) is 3.02. The van der Waals surface area contributed by atoms with Gasteiger partial charge in [-0.25, -0.2) is 0 Å². The van der Waals surface area contributed by atoms with E-state index >= 15 is 0 Å². The summed E-state index contributed by atoms with van der Waals surface area (Å²) in [4.78, 5) is 12.6. The zero-order valence-corrected chi connectivity index (χ0v) is 16.6. The quantitative estimate of drug-likeness (QED) is 0.507. The van der Waals surface area contributed by atoms with Crippen LogP contribution in [0.2, 0.25) is 0 Å². The van der Waals surface area contributed by atoms with Crippen LogP contribution in [-0.4, -0.2) is 26.2 Å². The second-order valence-electron chi connectivity index (χ2n) is 6.72. The molecule has 0 radical (unpaired) electrons. The first-order valence-electron chi connectivity index (χ1n) is 9.43. The van der Waals surface area contributed by atoms with Crippen LogP contribution in [0, 0.1) is 0 Å². The molecule has 3 rings (SSSR count). The molecule has 0 unspecified atom stereocenters. The normalized spacial score (nSPS) is 11.6. The van der Waals surface area contributed by atoms with Gasteiger partial charge in [0.05, 0.1) is 30.5 Å².